The topological polar surface area (TPSA) is 135 Å². The average Bonchev–Trinajstić information content (AvgIpc) is 3.14. The number of hydrogen-bond acceptors (Lipinski definition) is 7. The molecule has 2 aromatic rings. The van der Waals surface area contributed by atoms with E-state index >= 15 is 0 Å². The molecule has 0 aliphatic carbocycles. The highest BCUT2D eigenvalue weighted by molar-refractivity contribution is 6.42. The van der Waals surface area contributed by atoms with Gasteiger partial charge in [0.25, 0.3) is 0 Å². The van der Waals surface area contributed by atoms with Gasteiger partial charge in [-0.15, -0.1) is 0 Å². The molecule has 0 fully saturated rings. The summed E-state index contributed by atoms with van der Waals surface area (Å²) in [6, 6.07) is 9.43. The Kier molecular flexibility index (Phi) is 7.35. The lowest BCUT2D eigenvalue weighted by Gasteiger charge is -2.18. The Labute approximate surface area is 193 Å². The predicted octanol–water partition coefficient (Wildman–Crippen LogP) is 2.59. The fraction of sp³-hybridized carbons (Fsp3) is 0.333. The Morgan fingerprint density at radius 2 is 1.75 bits per heavy atom. The fourth-order valence-electron chi connectivity index (χ4n) is 3.02. The smallest absolute Gasteiger partial charge is 0.453 e. The maximum Gasteiger partial charge on any atom is 0.453 e. The number of carbonyl (C=O) groups is 2. The number of carboxylic acids is 2. The molecule has 0 spiro atoms. The molecule has 2 aromatic carbocycles. The SMILES string of the molecule is CC(Cc1ccc2c(c1)OC(C(=O)O)(C(=O)O)O2)NCC(O)COc1ccc(Cl)c(Cl)c1. The van der Waals surface area contributed by atoms with Crippen LogP contribution in [0.15, 0.2) is 36.4 Å². The van der Waals surface area contributed by atoms with Crippen LogP contribution in [-0.2, 0) is 16.0 Å². The maximum absolute atomic E-state index is 11.3. The Morgan fingerprint density at radius 3 is 2.41 bits per heavy atom. The highest BCUT2D eigenvalue weighted by Crippen LogP contribution is 2.40. The fourth-order valence-corrected chi connectivity index (χ4v) is 3.31. The van der Waals surface area contributed by atoms with Crippen molar-refractivity contribution in [2.24, 2.45) is 0 Å². The second-order valence-corrected chi connectivity index (χ2v) is 8.08. The molecule has 0 radical (unpaired) electrons. The second kappa shape index (κ2) is 9.83. The summed E-state index contributed by atoms with van der Waals surface area (Å²) in [6.45, 7) is 2.21. The van der Waals surface area contributed by atoms with E-state index in [1.807, 2.05) is 6.92 Å². The molecule has 172 valence electrons. The minimum atomic E-state index is -2.79. The van der Waals surface area contributed by atoms with Crippen LogP contribution in [0.4, 0.5) is 0 Å². The maximum atomic E-state index is 11.3. The van der Waals surface area contributed by atoms with Crippen molar-refractivity contribution < 1.29 is 39.1 Å². The van der Waals surface area contributed by atoms with Crippen molar-refractivity contribution in [2.45, 2.75) is 31.3 Å². The summed E-state index contributed by atoms with van der Waals surface area (Å²) in [5.41, 5.74) is 0.764. The minimum absolute atomic E-state index is 0.0361. The minimum Gasteiger partial charge on any atom is -0.491 e. The Hall–Kier alpha value is -2.72. The summed E-state index contributed by atoms with van der Waals surface area (Å²) in [5, 5.41) is 32.5. The van der Waals surface area contributed by atoms with Crippen LogP contribution < -0.4 is 19.5 Å². The first-order valence-corrected chi connectivity index (χ1v) is 10.3. The number of carboxylic acid groups (broad SMARTS) is 2. The molecule has 1 aliphatic rings. The molecule has 4 N–H and O–H groups in total. The van der Waals surface area contributed by atoms with Crippen molar-refractivity contribution >= 4 is 35.1 Å². The highest BCUT2D eigenvalue weighted by Gasteiger charge is 2.57. The highest BCUT2D eigenvalue weighted by atomic mass is 35.5. The third-order valence-electron chi connectivity index (χ3n) is 4.66. The zero-order chi connectivity index (χ0) is 23.5. The van der Waals surface area contributed by atoms with Crippen LogP contribution in [0, 0.1) is 0 Å². The van der Waals surface area contributed by atoms with E-state index in [2.05, 4.69) is 5.32 Å². The number of aliphatic carboxylic acids is 2. The van der Waals surface area contributed by atoms with E-state index in [0.717, 1.165) is 5.56 Å². The summed E-state index contributed by atoms with van der Waals surface area (Å²) in [7, 11) is 0. The quantitative estimate of drug-likeness (QED) is 0.374. The van der Waals surface area contributed by atoms with Gasteiger partial charge in [0, 0.05) is 18.7 Å². The molecule has 1 aliphatic heterocycles. The zero-order valence-corrected chi connectivity index (χ0v) is 18.4. The van der Waals surface area contributed by atoms with Gasteiger partial charge in [0.2, 0.25) is 0 Å². The predicted molar refractivity (Wildman–Crippen MR) is 115 cm³/mol. The molecule has 0 saturated heterocycles. The van der Waals surface area contributed by atoms with Crippen LogP contribution in [0.2, 0.25) is 10.0 Å². The first-order chi connectivity index (χ1) is 15.1. The van der Waals surface area contributed by atoms with Crippen molar-refractivity contribution in [1.82, 2.24) is 5.32 Å². The number of fused-ring (bicyclic) bond motifs is 1. The number of aliphatic hydroxyl groups excluding tert-OH is 1. The second-order valence-electron chi connectivity index (χ2n) is 7.27. The summed E-state index contributed by atoms with van der Waals surface area (Å²) in [6.07, 6.45) is -0.278. The van der Waals surface area contributed by atoms with E-state index < -0.39 is 23.8 Å². The molecule has 0 bridgehead atoms. The van der Waals surface area contributed by atoms with Gasteiger partial charge in [-0.1, -0.05) is 29.3 Å². The van der Waals surface area contributed by atoms with Gasteiger partial charge in [-0.3, -0.25) is 0 Å². The number of rotatable bonds is 10. The molecule has 3 rings (SSSR count). The largest absolute Gasteiger partial charge is 0.491 e. The van der Waals surface area contributed by atoms with Gasteiger partial charge < -0.3 is 34.8 Å². The van der Waals surface area contributed by atoms with Gasteiger partial charge in [0.1, 0.15) is 18.5 Å². The lowest BCUT2D eigenvalue weighted by atomic mass is 10.1. The van der Waals surface area contributed by atoms with E-state index in [0.29, 0.717) is 22.2 Å². The van der Waals surface area contributed by atoms with Crippen molar-refractivity contribution in [3.05, 3.63) is 52.0 Å². The van der Waals surface area contributed by atoms with Crippen molar-refractivity contribution in [2.75, 3.05) is 13.2 Å². The van der Waals surface area contributed by atoms with E-state index in [1.165, 1.54) is 12.1 Å². The van der Waals surface area contributed by atoms with E-state index in [9.17, 15) is 24.9 Å². The van der Waals surface area contributed by atoms with Crippen LogP contribution in [0.3, 0.4) is 0 Å². The van der Waals surface area contributed by atoms with Gasteiger partial charge in [-0.05, 0) is 43.2 Å². The lowest BCUT2D eigenvalue weighted by Crippen LogP contribution is -2.54. The van der Waals surface area contributed by atoms with Gasteiger partial charge in [-0.2, -0.15) is 0 Å². The molecule has 11 heteroatoms. The van der Waals surface area contributed by atoms with Gasteiger partial charge in [0.05, 0.1) is 10.0 Å². The molecule has 1 heterocycles. The van der Waals surface area contributed by atoms with E-state index in [1.54, 1.807) is 24.3 Å². The Balaban J connectivity index is 1.49. The first-order valence-electron chi connectivity index (χ1n) is 9.57. The summed E-state index contributed by atoms with van der Waals surface area (Å²) < 4.78 is 15.6. The standard InChI is InChI=1S/C21H21Cl2NO8/c1-11(24-9-13(25)10-30-14-3-4-15(22)16(23)8-14)6-12-2-5-17-18(7-12)32-21(31-17,19(26)27)20(28)29/h2-5,7-8,11,13,24-25H,6,9-10H2,1H3,(H,26,27)(H,28,29). The molecule has 9 nitrogen and oxygen atoms in total. The van der Waals surface area contributed by atoms with Crippen LogP contribution >= 0.6 is 23.2 Å². The Bertz CT molecular complexity index is 1000. The normalized spacial score (nSPS) is 15.8. The number of benzene rings is 2. The molecule has 0 saturated carbocycles. The van der Waals surface area contributed by atoms with E-state index in [-0.39, 0.29) is 30.7 Å². The number of aliphatic hydroxyl groups is 1. The lowest BCUT2D eigenvalue weighted by molar-refractivity contribution is -0.194. The summed E-state index contributed by atoms with van der Waals surface area (Å²) >= 11 is 11.8. The number of nitrogens with one attached hydrogen (secondary N) is 1. The molecule has 2 atom stereocenters. The number of hydrogen-bond donors (Lipinski definition) is 4. The van der Waals surface area contributed by atoms with E-state index in [4.69, 9.17) is 37.4 Å². The number of ether oxygens (including phenoxy) is 3. The van der Waals surface area contributed by atoms with Crippen molar-refractivity contribution in [3.8, 4) is 17.2 Å². The van der Waals surface area contributed by atoms with Crippen molar-refractivity contribution in [3.63, 3.8) is 0 Å². The molecular weight excluding hydrogens is 465 g/mol. The summed E-state index contributed by atoms with van der Waals surface area (Å²) in [4.78, 5) is 22.7. The zero-order valence-electron chi connectivity index (χ0n) is 16.9. The van der Waals surface area contributed by atoms with Gasteiger partial charge in [0.15, 0.2) is 11.5 Å². The molecule has 32 heavy (non-hydrogen) atoms. The van der Waals surface area contributed by atoms with Gasteiger partial charge in [-0.25, -0.2) is 9.59 Å². The number of halogens is 2. The Morgan fingerprint density at radius 1 is 1.06 bits per heavy atom. The van der Waals surface area contributed by atoms with Gasteiger partial charge >= 0.3 is 17.7 Å². The van der Waals surface area contributed by atoms with Crippen LogP contribution in [0.1, 0.15) is 12.5 Å². The van der Waals surface area contributed by atoms with Crippen LogP contribution in [0.25, 0.3) is 0 Å². The summed E-state index contributed by atoms with van der Waals surface area (Å²) in [5.74, 6) is -5.73. The third-order valence-corrected chi connectivity index (χ3v) is 5.39. The molecule has 2 unspecified atom stereocenters. The average molecular weight is 486 g/mol. The van der Waals surface area contributed by atoms with Crippen LogP contribution in [0.5, 0.6) is 17.2 Å². The molecule has 0 aromatic heterocycles. The first kappa shape index (κ1) is 23.9. The molecule has 0 amide bonds. The van der Waals surface area contributed by atoms with Crippen LogP contribution in [-0.4, -0.2) is 58.3 Å². The van der Waals surface area contributed by atoms with Crippen molar-refractivity contribution in [1.29, 1.82) is 0 Å². The monoisotopic (exact) mass is 485 g/mol. The molecular formula is C21H21Cl2NO8. The third kappa shape index (κ3) is 5.36.